The first-order valence-electron chi connectivity index (χ1n) is 13.4. The largest absolute Gasteiger partial charge is 0.347 e. The van der Waals surface area contributed by atoms with E-state index in [1.54, 1.807) is 4.57 Å². The normalized spacial score (nSPS) is 55.4. The van der Waals surface area contributed by atoms with Gasteiger partial charge in [-0.15, -0.1) is 0 Å². The fourth-order valence-electron chi connectivity index (χ4n) is 12.8. The zero-order valence-electron chi connectivity index (χ0n) is 19.6. The van der Waals surface area contributed by atoms with Crippen molar-refractivity contribution in [1.82, 2.24) is 13.9 Å². The van der Waals surface area contributed by atoms with Gasteiger partial charge in [0, 0.05) is 16.9 Å². The topological polar surface area (TPSA) is 48.9 Å². The predicted molar refractivity (Wildman–Crippen MR) is 122 cm³/mol. The Labute approximate surface area is 192 Å². The average Bonchev–Trinajstić information content (AvgIpc) is 3.24. The molecule has 11 unspecified atom stereocenters. The van der Waals surface area contributed by atoms with Crippen molar-refractivity contribution in [2.75, 3.05) is 0 Å². The van der Waals surface area contributed by atoms with Crippen LogP contribution in [0.25, 0.3) is 0 Å². The predicted octanol–water partition coefficient (Wildman–Crippen LogP) is 3.68. The van der Waals surface area contributed by atoms with E-state index in [0.717, 1.165) is 31.1 Å². The summed E-state index contributed by atoms with van der Waals surface area (Å²) < 4.78 is 5.84. The summed E-state index contributed by atoms with van der Waals surface area (Å²) in [4.78, 5) is 28.4. The van der Waals surface area contributed by atoms with Crippen LogP contribution in [0.5, 0.6) is 0 Å². The fraction of sp³-hybridized carbons (Fsp3) is 0.714. The molecule has 0 amide bonds. The Hall–Kier alpha value is -2.04. The number of benzene rings is 1. The van der Waals surface area contributed by atoms with Crippen LogP contribution in [0.4, 0.5) is 0 Å². The van der Waals surface area contributed by atoms with Crippen LogP contribution in [0, 0.1) is 45.8 Å². The number of fused-ring (bicyclic) bond motifs is 3. The van der Waals surface area contributed by atoms with E-state index in [1.165, 1.54) is 24.0 Å². The van der Waals surface area contributed by atoms with Crippen molar-refractivity contribution in [3.8, 4) is 0 Å². The minimum absolute atomic E-state index is 0.0165. The Bertz CT molecular complexity index is 1480. The van der Waals surface area contributed by atoms with Crippen LogP contribution in [0.2, 0.25) is 0 Å². The Morgan fingerprint density at radius 1 is 0.909 bits per heavy atom. The van der Waals surface area contributed by atoms with Crippen molar-refractivity contribution >= 4 is 0 Å². The Morgan fingerprint density at radius 3 is 2.36 bits per heavy atom. The first-order valence-corrected chi connectivity index (χ1v) is 13.4. The first kappa shape index (κ1) is 17.4. The molecule has 4 bridgehead atoms. The number of rotatable bonds is 1. The van der Waals surface area contributed by atoms with E-state index < -0.39 is 0 Å². The quantitative estimate of drug-likeness (QED) is 0.678. The molecule has 11 atom stereocenters. The number of nitrogens with zero attached hydrogens (tertiary/aromatic N) is 3. The van der Waals surface area contributed by atoms with E-state index in [4.69, 9.17) is 0 Å². The standard InChI is InChI=1S/C28H31N3O2/c1-25(2)14-9-10-26(25,3)16(12-14)29-23(32)30-21-17-18-20-19(17)27(21)11-8-13-6-4-5-7-15(13)28(20,27)22(18)31(30)24(29)33/h4-7,14,16-22H,8-12H2,1-3H3. The van der Waals surface area contributed by atoms with Crippen LogP contribution < -0.4 is 11.4 Å². The molecule has 0 N–H and O–H groups in total. The summed E-state index contributed by atoms with van der Waals surface area (Å²) in [7, 11) is 0. The minimum atomic E-state index is 0.0165. The number of aromatic nitrogens is 3. The van der Waals surface area contributed by atoms with Gasteiger partial charge in [-0.3, -0.25) is 0 Å². The van der Waals surface area contributed by atoms with Crippen molar-refractivity contribution < 1.29 is 0 Å². The molecule has 2 aliphatic heterocycles. The zero-order valence-corrected chi connectivity index (χ0v) is 19.6. The summed E-state index contributed by atoms with van der Waals surface area (Å²) in [5.74, 6) is 3.49. The summed E-state index contributed by atoms with van der Waals surface area (Å²) in [6, 6.07) is 9.60. The van der Waals surface area contributed by atoms with Gasteiger partial charge in [0.25, 0.3) is 0 Å². The van der Waals surface area contributed by atoms with Crippen molar-refractivity contribution in [1.29, 1.82) is 0 Å². The summed E-state index contributed by atoms with van der Waals surface area (Å²) in [5.41, 5.74) is 3.69. The van der Waals surface area contributed by atoms with Crippen LogP contribution >= 0.6 is 0 Å². The van der Waals surface area contributed by atoms with Gasteiger partial charge >= 0.3 is 11.4 Å². The molecule has 2 spiro atoms. The molecule has 2 aromatic rings. The van der Waals surface area contributed by atoms with Crippen LogP contribution in [0.15, 0.2) is 33.9 Å². The SMILES string of the molecule is CC1(C)C2CCC1(C)C(n1c(=O)n3n(c1=O)C1C4C5C6C4C14c1ccccc1CCC64C53)C2. The molecule has 6 fully saturated rings. The van der Waals surface area contributed by atoms with Crippen molar-refractivity contribution in [2.24, 2.45) is 45.8 Å². The monoisotopic (exact) mass is 441 g/mol. The van der Waals surface area contributed by atoms with E-state index in [9.17, 15) is 9.59 Å². The lowest BCUT2D eigenvalue weighted by atomic mass is 9.04. The first-order chi connectivity index (χ1) is 15.8. The molecule has 170 valence electrons. The second kappa shape index (κ2) is 4.35. The molecule has 3 heterocycles. The van der Waals surface area contributed by atoms with Gasteiger partial charge in [0.1, 0.15) is 0 Å². The maximum Gasteiger partial charge on any atom is 0.347 e. The maximum absolute atomic E-state index is 14.2. The second-order valence-corrected chi connectivity index (χ2v) is 13.9. The van der Waals surface area contributed by atoms with Gasteiger partial charge in [-0.05, 0) is 83.7 Å². The highest BCUT2D eigenvalue weighted by atomic mass is 16.2. The Balaban J connectivity index is 1.24. The molecule has 33 heavy (non-hydrogen) atoms. The second-order valence-electron chi connectivity index (χ2n) is 13.9. The van der Waals surface area contributed by atoms with Gasteiger partial charge in [-0.25, -0.2) is 23.5 Å². The third kappa shape index (κ3) is 1.18. The molecule has 1 aromatic carbocycles. The molecule has 5 nitrogen and oxygen atoms in total. The smallest absolute Gasteiger partial charge is 0.246 e. The van der Waals surface area contributed by atoms with Crippen LogP contribution in [-0.4, -0.2) is 13.9 Å². The maximum atomic E-state index is 14.2. The van der Waals surface area contributed by atoms with Crippen LogP contribution in [-0.2, 0) is 11.8 Å². The lowest BCUT2D eigenvalue weighted by molar-refractivity contribution is -0.522. The summed E-state index contributed by atoms with van der Waals surface area (Å²) >= 11 is 0. The summed E-state index contributed by atoms with van der Waals surface area (Å²) in [6.07, 6.45) is 5.71. The summed E-state index contributed by atoms with van der Waals surface area (Å²) in [5, 5.41) is 0. The van der Waals surface area contributed by atoms with E-state index in [2.05, 4.69) is 45.0 Å². The number of hydrogen-bond donors (Lipinski definition) is 0. The highest BCUT2D eigenvalue weighted by Crippen LogP contribution is 3.03. The van der Waals surface area contributed by atoms with E-state index in [-0.39, 0.29) is 51.2 Å². The lowest BCUT2D eigenvalue weighted by Crippen LogP contribution is -3.02. The van der Waals surface area contributed by atoms with Crippen LogP contribution in [0.3, 0.4) is 0 Å². The van der Waals surface area contributed by atoms with Gasteiger partial charge in [0.05, 0.1) is 12.1 Å². The molecule has 6 saturated carbocycles. The molecule has 0 radical (unpaired) electrons. The third-order valence-electron chi connectivity index (χ3n) is 14.2. The highest BCUT2D eigenvalue weighted by Gasteiger charge is 3.03. The zero-order chi connectivity index (χ0) is 22.0. The van der Waals surface area contributed by atoms with Crippen LogP contribution in [0.1, 0.15) is 75.7 Å². The average molecular weight is 442 g/mol. The van der Waals surface area contributed by atoms with E-state index in [0.29, 0.717) is 17.8 Å². The van der Waals surface area contributed by atoms with E-state index >= 15 is 0 Å². The van der Waals surface area contributed by atoms with Crippen molar-refractivity contribution in [2.45, 2.75) is 76.4 Å². The molecule has 11 rings (SSSR count). The van der Waals surface area contributed by atoms with Gasteiger partial charge in [-0.1, -0.05) is 45.0 Å². The third-order valence-corrected chi connectivity index (χ3v) is 14.2. The van der Waals surface area contributed by atoms with Gasteiger partial charge in [-0.2, -0.15) is 0 Å². The van der Waals surface area contributed by atoms with Gasteiger partial charge in [0.15, 0.2) is 0 Å². The van der Waals surface area contributed by atoms with Crippen molar-refractivity contribution in [3.63, 3.8) is 0 Å². The Kier molecular flexibility index (Phi) is 2.30. The molecule has 9 aliphatic rings. The molecular weight excluding hydrogens is 410 g/mol. The van der Waals surface area contributed by atoms with Gasteiger partial charge in [0.2, 0.25) is 0 Å². The highest BCUT2D eigenvalue weighted by molar-refractivity contribution is 5.61. The molecule has 0 saturated heterocycles. The lowest BCUT2D eigenvalue weighted by Gasteiger charge is -3.02. The Morgan fingerprint density at radius 2 is 1.64 bits per heavy atom. The fourth-order valence-corrected chi connectivity index (χ4v) is 12.8. The number of aryl methyl sites for hydroxylation is 1. The number of hydrogen-bond acceptors (Lipinski definition) is 2. The minimum Gasteiger partial charge on any atom is -0.246 e. The molecule has 1 aromatic heterocycles. The van der Waals surface area contributed by atoms with Crippen molar-refractivity contribution in [3.05, 3.63) is 56.4 Å². The summed E-state index contributed by atoms with van der Waals surface area (Å²) in [6.45, 7) is 7.12. The molecular formula is C28H31N3O2. The van der Waals surface area contributed by atoms with Gasteiger partial charge < -0.3 is 0 Å². The molecule has 7 aliphatic carbocycles. The molecule has 5 heteroatoms. The van der Waals surface area contributed by atoms with E-state index in [1.807, 2.05) is 9.36 Å².